The molecule has 0 saturated heterocycles. The molecular weight excluding hydrogens is 305 g/mol. The van der Waals surface area contributed by atoms with E-state index in [1.165, 1.54) is 32.7 Å². The zero-order valence-corrected chi connectivity index (χ0v) is 14.6. The molecule has 94 valence electrons. The lowest BCUT2D eigenvalue weighted by Crippen LogP contribution is -2.32. The van der Waals surface area contributed by atoms with Crippen LogP contribution in [-0.2, 0) is 0 Å². The van der Waals surface area contributed by atoms with Gasteiger partial charge in [-0.2, -0.15) is 0 Å². The van der Waals surface area contributed by atoms with Gasteiger partial charge in [-0.1, -0.05) is 43.9 Å². The fourth-order valence-electron chi connectivity index (χ4n) is 2.45. The fourth-order valence-corrected chi connectivity index (χ4v) is 2.93. The van der Waals surface area contributed by atoms with Gasteiger partial charge >= 0.3 is 0 Å². The molecule has 0 aliphatic carbocycles. The van der Waals surface area contributed by atoms with Crippen LogP contribution < -0.4 is 16.4 Å². The van der Waals surface area contributed by atoms with Crippen molar-refractivity contribution in [3.63, 3.8) is 0 Å². The van der Waals surface area contributed by atoms with Crippen molar-refractivity contribution in [1.82, 2.24) is 0 Å². The number of benzene rings is 1. The second-order valence-corrected chi connectivity index (χ2v) is 6.14. The topological polar surface area (TPSA) is 13.1 Å². The molecule has 0 aliphatic heterocycles. The van der Waals surface area contributed by atoms with Crippen LogP contribution in [0.1, 0.15) is 5.76 Å². The monoisotopic (exact) mass is 320 g/mol. The first-order valence-corrected chi connectivity index (χ1v) is 7.67. The van der Waals surface area contributed by atoms with E-state index in [1.807, 2.05) is 7.85 Å². The molecule has 0 spiro atoms. The van der Waals surface area contributed by atoms with Gasteiger partial charge in [0.1, 0.15) is 58.4 Å². The van der Waals surface area contributed by atoms with Gasteiger partial charge in [0.25, 0.3) is 0 Å². The molecule has 0 atom stereocenters. The Labute approximate surface area is 134 Å². The van der Waals surface area contributed by atoms with Crippen LogP contribution in [0.25, 0.3) is 16.4 Å². The summed E-state index contributed by atoms with van der Waals surface area (Å²) in [6.07, 6.45) is 2.11. The lowest BCUT2D eigenvalue weighted by atomic mass is 9.74. The van der Waals surface area contributed by atoms with E-state index in [0.29, 0.717) is 0 Å². The van der Waals surface area contributed by atoms with Crippen molar-refractivity contribution in [2.45, 2.75) is 0 Å². The van der Waals surface area contributed by atoms with Crippen LogP contribution in [0.2, 0.25) is 0 Å². The third kappa shape index (κ3) is 2.50. The maximum Gasteiger partial charge on any atom is 0.145 e. The maximum atomic E-state index is 6.12. The Bertz CT molecular complexity index is 701. The van der Waals surface area contributed by atoms with Crippen LogP contribution in [0.4, 0.5) is 0 Å². The molecule has 0 saturated carbocycles. The standard InChI is InChI=1S/C12H15B6BrO/c13-2-1-5(14)8(16)6-3-4-7(15)9(17)11(19)10(18)12(4)20-6/h1-3H,13-18H2/b2-1+,8-5-. The molecule has 0 aliphatic rings. The summed E-state index contributed by atoms with van der Waals surface area (Å²) in [4.78, 5) is 0. The summed E-state index contributed by atoms with van der Waals surface area (Å²) in [6.45, 7) is 0. The minimum Gasteiger partial charge on any atom is -0.458 e. The van der Waals surface area contributed by atoms with Gasteiger partial charge in [0.15, 0.2) is 0 Å². The van der Waals surface area contributed by atoms with Crippen molar-refractivity contribution >= 4 is 95.8 Å². The van der Waals surface area contributed by atoms with E-state index in [1.54, 1.807) is 0 Å². The predicted molar refractivity (Wildman–Crippen MR) is 110 cm³/mol. The van der Waals surface area contributed by atoms with Crippen LogP contribution in [0.5, 0.6) is 0 Å². The number of rotatable bonds is 2. The molecule has 1 heterocycles. The van der Waals surface area contributed by atoms with Gasteiger partial charge in [-0.15, -0.1) is 5.98 Å². The molecule has 0 bridgehead atoms. The smallest absolute Gasteiger partial charge is 0.145 e. The third-order valence-corrected chi connectivity index (χ3v) is 5.26. The SMILES string of the molecule is B/C=C/C(B)=C(/B)c1cc2c(B)c(B)c(Br)c(B)c2o1. The first-order valence-electron chi connectivity index (χ1n) is 6.87. The number of halogens is 1. The summed E-state index contributed by atoms with van der Waals surface area (Å²) in [5, 5.41) is 1.21. The predicted octanol–water partition coefficient (Wildman–Crippen LogP) is -3.95. The summed E-state index contributed by atoms with van der Waals surface area (Å²) in [5.74, 6) is 3.01. The van der Waals surface area contributed by atoms with Gasteiger partial charge in [-0.25, -0.2) is 0 Å². The molecule has 0 radical (unpaired) electrons. The van der Waals surface area contributed by atoms with E-state index < -0.39 is 0 Å². The second-order valence-electron chi connectivity index (χ2n) is 5.35. The minimum absolute atomic E-state index is 0.958. The van der Waals surface area contributed by atoms with Gasteiger partial charge in [0.2, 0.25) is 0 Å². The Kier molecular flexibility index (Phi) is 4.53. The average Bonchev–Trinajstić information content (AvgIpc) is 2.87. The molecular formula is C12H15B6BrO. The van der Waals surface area contributed by atoms with E-state index in [9.17, 15) is 0 Å². The van der Waals surface area contributed by atoms with Crippen molar-refractivity contribution in [2.24, 2.45) is 0 Å². The quantitative estimate of drug-likeness (QED) is 0.407. The second kappa shape index (κ2) is 5.85. The van der Waals surface area contributed by atoms with Crippen molar-refractivity contribution in [2.75, 3.05) is 0 Å². The normalized spacial score (nSPS) is 13.1. The molecule has 0 N–H and O–H groups in total. The highest BCUT2D eigenvalue weighted by atomic mass is 79.9. The Morgan fingerprint density at radius 1 is 1.10 bits per heavy atom. The minimum atomic E-state index is 0.958. The molecule has 2 aromatic rings. The van der Waals surface area contributed by atoms with Gasteiger partial charge in [0, 0.05) is 9.86 Å². The first-order chi connectivity index (χ1) is 9.38. The maximum absolute atomic E-state index is 6.12. The zero-order valence-electron chi connectivity index (χ0n) is 13.0. The lowest BCUT2D eigenvalue weighted by Gasteiger charge is -2.08. The van der Waals surface area contributed by atoms with Crippen LogP contribution in [0, 0.1) is 0 Å². The van der Waals surface area contributed by atoms with Crippen LogP contribution in [0.3, 0.4) is 0 Å². The van der Waals surface area contributed by atoms with Crippen molar-refractivity contribution < 1.29 is 4.42 Å². The highest BCUT2D eigenvalue weighted by Crippen LogP contribution is 2.23. The van der Waals surface area contributed by atoms with Gasteiger partial charge < -0.3 is 4.42 Å². The summed E-state index contributed by atoms with van der Waals surface area (Å²) in [5.41, 5.74) is 7.15. The molecule has 1 aromatic carbocycles. The average molecular weight is 320 g/mol. The lowest BCUT2D eigenvalue weighted by molar-refractivity contribution is 0.604. The number of furan rings is 1. The highest BCUT2D eigenvalue weighted by molar-refractivity contribution is 9.10. The first kappa shape index (κ1) is 15.5. The molecule has 20 heavy (non-hydrogen) atoms. The number of hydrogen-bond donors (Lipinski definition) is 0. The number of allylic oxidation sites excluding steroid dienone is 2. The van der Waals surface area contributed by atoms with E-state index in [0.717, 1.165) is 15.8 Å². The van der Waals surface area contributed by atoms with E-state index in [-0.39, 0.29) is 0 Å². The molecule has 1 aromatic heterocycles. The largest absolute Gasteiger partial charge is 0.458 e. The van der Waals surface area contributed by atoms with Gasteiger partial charge in [-0.3, -0.25) is 0 Å². The molecule has 8 heteroatoms. The van der Waals surface area contributed by atoms with E-state index in [4.69, 9.17) is 4.42 Å². The highest BCUT2D eigenvalue weighted by Gasteiger charge is 2.15. The summed E-state index contributed by atoms with van der Waals surface area (Å²) >= 11 is 3.67. The zero-order chi connectivity index (χ0) is 15.0. The molecule has 1 nitrogen and oxygen atoms in total. The number of fused-ring (bicyclic) bond motifs is 1. The summed E-state index contributed by atoms with van der Waals surface area (Å²) < 4.78 is 7.27. The van der Waals surface area contributed by atoms with Crippen molar-refractivity contribution in [3.05, 3.63) is 33.8 Å². The van der Waals surface area contributed by atoms with Crippen LogP contribution >= 0.6 is 15.9 Å². The van der Waals surface area contributed by atoms with Gasteiger partial charge in [-0.05, 0) is 11.5 Å². The van der Waals surface area contributed by atoms with Crippen LogP contribution in [0.15, 0.2) is 32.5 Å². The number of hydrogen-bond acceptors (Lipinski definition) is 1. The Balaban J connectivity index is 2.76. The Morgan fingerprint density at radius 3 is 2.35 bits per heavy atom. The Hall–Kier alpha value is -0.890. The van der Waals surface area contributed by atoms with Gasteiger partial charge in [0.05, 0.1) is 0 Å². The molecule has 0 fully saturated rings. The summed E-state index contributed by atoms with van der Waals surface area (Å²) in [6, 6.07) is 2.17. The fraction of sp³-hybridized carbons (Fsp3) is 0. The third-order valence-electron chi connectivity index (χ3n) is 4.08. The van der Waals surface area contributed by atoms with E-state index >= 15 is 0 Å². The van der Waals surface area contributed by atoms with Crippen molar-refractivity contribution in [1.29, 1.82) is 0 Å². The molecule has 0 unspecified atom stereocenters. The van der Waals surface area contributed by atoms with Crippen molar-refractivity contribution in [3.8, 4) is 0 Å². The Morgan fingerprint density at radius 2 is 1.75 bits per heavy atom. The van der Waals surface area contributed by atoms with Crippen LogP contribution in [-0.4, -0.2) is 47.1 Å². The summed E-state index contributed by atoms with van der Waals surface area (Å²) in [7, 11) is 12.7. The van der Waals surface area contributed by atoms with E-state index in [2.05, 4.69) is 73.3 Å². The molecule has 0 amide bonds. The molecule has 2 rings (SSSR count).